The van der Waals surface area contributed by atoms with Gasteiger partial charge in [-0.25, -0.2) is 0 Å². The summed E-state index contributed by atoms with van der Waals surface area (Å²) >= 11 is 1.68. The van der Waals surface area contributed by atoms with Gasteiger partial charge in [0.25, 0.3) is 0 Å². The highest BCUT2D eigenvalue weighted by Gasteiger charge is 2.04. The van der Waals surface area contributed by atoms with Gasteiger partial charge in [-0.3, -0.25) is 0 Å². The van der Waals surface area contributed by atoms with Crippen molar-refractivity contribution in [1.29, 1.82) is 0 Å². The van der Waals surface area contributed by atoms with E-state index in [9.17, 15) is 0 Å². The molecule has 4 nitrogen and oxygen atoms in total. The zero-order valence-electron chi connectivity index (χ0n) is 12.1. The van der Waals surface area contributed by atoms with Crippen LogP contribution in [0.3, 0.4) is 0 Å². The van der Waals surface area contributed by atoms with E-state index in [1.165, 1.54) is 5.56 Å². The number of ether oxygens (including phenoxy) is 1. The summed E-state index contributed by atoms with van der Waals surface area (Å²) in [7, 11) is 0. The minimum absolute atomic E-state index is 0.644. The van der Waals surface area contributed by atoms with Gasteiger partial charge in [0.15, 0.2) is 0 Å². The molecule has 0 spiro atoms. The molecule has 0 radical (unpaired) electrons. The molecule has 1 N–H and O–H groups in total. The fourth-order valence-corrected chi connectivity index (χ4v) is 2.65. The first-order valence-electron chi connectivity index (χ1n) is 6.99. The Morgan fingerprint density at radius 3 is 2.75 bits per heavy atom. The fraction of sp³-hybridized carbons (Fsp3) is 0.467. The monoisotopic (exact) mass is 291 g/mol. The van der Waals surface area contributed by atoms with E-state index in [4.69, 9.17) is 4.74 Å². The summed E-state index contributed by atoms with van der Waals surface area (Å²) in [4.78, 5) is 0. The van der Waals surface area contributed by atoms with E-state index in [-0.39, 0.29) is 0 Å². The third kappa shape index (κ3) is 4.90. The molecule has 20 heavy (non-hydrogen) atoms. The average Bonchev–Trinajstić information content (AvgIpc) is 2.87. The van der Waals surface area contributed by atoms with Gasteiger partial charge >= 0.3 is 0 Å². The number of benzene rings is 1. The molecule has 1 aromatic heterocycles. The van der Waals surface area contributed by atoms with E-state index in [0.29, 0.717) is 6.61 Å². The number of hydrogen-bond donors (Lipinski definition) is 1. The first-order chi connectivity index (χ1) is 9.78. The molecule has 1 heterocycles. The number of nitrogens with one attached hydrogen (secondary N) is 1. The molecule has 0 aliphatic carbocycles. The van der Waals surface area contributed by atoms with Gasteiger partial charge in [-0.15, -0.1) is 21.5 Å². The van der Waals surface area contributed by atoms with E-state index < -0.39 is 0 Å². The maximum atomic E-state index is 5.73. The predicted molar refractivity (Wildman–Crippen MR) is 82.5 cm³/mol. The van der Waals surface area contributed by atoms with Gasteiger partial charge in [0.2, 0.25) is 0 Å². The lowest BCUT2D eigenvalue weighted by Crippen LogP contribution is -2.15. The summed E-state index contributed by atoms with van der Waals surface area (Å²) in [6, 6.07) is 8.10. The molecule has 0 bridgehead atoms. The number of nitrogens with zero attached hydrogens (tertiary/aromatic N) is 2. The van der Waals surface area contributed by atoms with Crippen molar-refractivity contribution in [2.45, 2.75) is 26.7 Å². The van der Waals surface area contributed by atoms with E-state index in [0.717, 1.165) is 41.7 Å². The number of rotatable bonds is 8. The lowest BCUT2D eigenvalue weighted by molar-refractivity contribution is 0.321. The van der Waals surface area contributed by atoms with Crippen LogP contribution < -0.4 is 10.1 Å². The SMILES string of the molecule is CCNCCc1nnc(CCOc2cccc(C)c2)s1. The van der Waals surface area contributed by atoms with E-state index in [2.05, 4.69) is 35.4 Å². The highest BCUT2D eigenvalue weighted by molar-refractivity contribution is 7.11. The molecule has 0 fully saturated rings. The van der Waals surface area contributed by atoms with Crippen LogP contribution >= 0.6 is 11.3 Å². The van der Waals surface area contributed by atoms with Crippen LogP contribution in [0, 0.1) is 6.92 Å². The minimum Gasteiger partial charge on any atom is -0.493 e. The molecular formula is C15H21N3OS. The molecule has 2 rings (SSSR count). The Labute approximate surface area is 124 Å². The van der Waals surface area contributed by atoms with Crippen molar-refractivity contribution in [1.82, 2.24) is 15.5 Å². The Kier molecular flexibility index (Phi) is 5.95. The fourth-order valence-electron chi connectivity index (χ4n) is 1.82. The molecule has 0 saturated carbocycles. The number of aromatic nitrogens is 2. The Hall–Kier alpha value is -1.46. The lowest BCUT2D eigenvalue weighted by Gasteiger charge is -2.04. The third-order valence-electron chi connectivity index (χ3n) is 2.85. The molecule has 0 aliphatic rings. The minimum atomic E-state index is 0.644. The average molecular weight is 291 g/mol. The van der Waals surface area contributed by atoms with Gasteiger partial charge in [-0.05, 0) is 31.2 Å². The van der Waals surface area contributed by atoms with E-state index >= 15 is 0 Å². The molecule has 0 unspecified atom stereocenters. The van der Waals surface area contributed by atoms with Crippen LogP contribution in [0.5, 0.6) is 5.75 Å². The second-order valence-corrected chi connectivity index (χ2v) is 5.75. The Morgan fingerprint density at radius 1 is 1.20 bits per heavy atom. The van der Waals surface area contributed by atoms with Crippen LogP contribution in [0.2, 0.25) is 0 Å². The van der Waals surface area contributed by atoms with Gasteiger partial charge in [0, 0.05) is 19.4 Å². The highest BCUT2D eigenvalue weighted by atomic mass is 32.1. The van der Waals surface area contributed by atoms with Crippen LogP contribution in [-0.4, -0.2) is 29.9 Å². The zero-order valence-corrected chi connectivity index (χ0v) is 12.9. The topological polar surface area (TPSA) is 47.0 Å². The van der Waals surface area contributed by atoms with Crippen molar-refractivity contribution in [3.05, 3.63) is 39.8 Å². The van der Waals surface area contributed by atoms with Crippen LogP contribution in [0.15, 0.2) is 24.3 Å². The van der Waals surface area contributed by atoms with Crippen molar-refractivity contribution >= 4 is 11.3 Å². The number of aryl methyl sites for hydroxylation is 1. The quantitative estimate of drug-likeness (QED) is 0.760. The second-order valence-electron chi connectivity index (χ2n) is 4.61. The molecule has 1 aromatic carbocycles. The summed E-state index contributed by atoms with van der Waals surface area (Å²) in [5, 5.41) is 13.8. The molecule has 5 heteroatoms. The third-order valence-corrected chi connectivity index (χ3v) is 3.89. The van der Waals surface area contributed by atoms with Crippen molar-refractivity contribution < 1.29 is 4.74 Å². The van der Waals surface area contributed by atoms with Gasteiger partial charge in [-0.2, -0.15) is 0 Å². The maximum absolute atomic E-state index is 5.73. The molecule has 108 valence electrons. The van der Waals surface area contributed by atoms with Gasteiger partial charge in [0.1, 0.15) is 15.8 Å². The number of hydrogen-bond acceptors (Lipinski definition) is 5. The van der Waals surface area contributed by atoms with Crippen molar-refractivity contribution in [3.8, 4) is 5.75 Å². The van der Waals surface area contributed by atoms with E-state index in [1.54, 1.807) is 11.3 Å². The lowest BCUT2D eigenvalue weighted by atomic mass is 10.2. The standard InChI is InChI=1S/C15H21N3OS/c1-3-16-9-7-14-17-18-15(20-14)8-10-19-13-6-4-5-12(2)11-13/h4-6,11,16H,3,7-10H2,1-2H3. The summed E-state index contributed by atoms with van der Waals surface area (Å²) in [5.41, 5.74) is 1.21. The first kappa shape index (κ1) is 14.9. The van der Waals surface area contributed by atoms with Gasteiger partial charge < -0.3 is 10.1 Å². The first-order valence-corrected chi connectivity index (χ1v) is 7.81. The van der Waals surface area contributed by atoms with Crippen molar-refractivity contribution in [3.63, 3.8) is 0 Å². The summed E-state index contributed by atoms with van der Waals surface area (Å²) in [5.74, 6) is 0.918. The van der Waals surface area contributed by atoms with Crippen LogP contribution in [0.25, 0.3) is 0 Å². The van der Waals surface area contributed by atoms with Crippen LogP contribution in [0.4, 0.5) is 0 Å². The zero-order chi connectivity index (χ0) is 14.2. The van der Waals surface area contributed by atoms with Crippen LogP contribution in [-0.2, 0) is 12.8 Å². The molecule has 0 atom stereocenters. The van der Waals surface area contributed by atoms with Crippen molar-refractivity contribution in [2.24, 2.45) is 0 Å². The number of likely N-dealkylation sites (N-methyl/N-ethyl adjacent to an activating group) is 1. The maximum Gasteiger partial charge on any atom is 0.120 e. The normalized spacial score (nSPS) is 10.7. The van der Waals surface area contributed by atoms with Crippen molar-refractivity contribution in [2.75, 3.05) is 19.7 Å². The molecule has 0 amide bonds. The Balaban J connectivity index is 1.74. The molecule has 0 aliphatic heterocycles. The Bertz CT molecular complexity index is 527. The van der Waals surface area contributed by atoms with Crippen LogP contribution in [0.1, 0.15) is 22.5 Å². The summed E-state index contributed by atoms with van der Waals surface area (Å²) in [6.07, 6.45) is 1.76. The molecule has 2 aromatic rings. The smallest absolute Gasteiger partial charge is 0.120 e. The molecule has 0 saturated heterocycles. The molecular weight excluding hydrogens is 270 g/mol. The summed E-state index contributed by atoms with van der Waals surface area (Å²) in [6.45, 7) is 6.77. The largest absolute Gasteiger partial charge is 0.493 e. The van der Waals surface area contributed by atoms with Gasteiger partial charge in [-0.1, -0.05) is 19.1 Å². The van der Waals surface area contributed by atoms with Gasteiger partial charge in [0.05, 0.1) is 6.61 Å². The predicted octanol–water partition coefficient (Wildman–Crippen LogP) is 2.62. The highest BCUT2D eigenvalue weighted by Crippen LogP contribution is 2.14. The summed E-state index contributed by atoms with van der Waals surface area (Å²) < 4.78 is 5.73. The Morgan fingerprint density at radius 2 is 2.00 bits per heavy atom. The second kappa shape index (κ2) is 7.97. The van der Waals surface area contributed by atoms with E-state index in [1.807, 2.05) is 18.2 Å².